The van der Waals surface area contributed by atoms with E-state index in [4.69, 9.17) is 35.6 Å². The molecule has 0 radical (unpaired) electrons. The third-order valence-corrected chi connectivity index (χ3v) is 5.74. The van der Waals surface area contributed by atoms with Crippen molar-refractivity contribution in [3.63, 3.8) is 0 Å². The van der Waals surface area contributed by atoms with E-state index in [0.29, 0.717) is 42.6 Å². The molecule has 0 N–H and O–H groups in total. The van der Waals surface area contributed by atoms with Gasteiger partial charge in [-0.25, -0.2) is 0 Å². The number of ether oxygens (including phenoxy) is 4. The average Bonchev–Trinajstić information content (AvgIpc) is 2.73. The van der Waals surface area contributed by atoms with Crippen molar-refractivity contribution in [3.05, 3.63) is 29.0 Å². The second-order valence-electron chi connectivity index (χ2n) is 6.80. The third-order valence-electron chi connectivity index (χ3n) is 3.93. The molecule has 0 spiro atoms. The van der Waals surface area contributed by atoms with Crippen molar-refractivity contribution in [3.8, 4) is 11.5 Å². The van der Waals surface area contributed by atoms with E-state index in [2.05, 4.69) is 19.6 Å². The molecule has 0 saturated heterocycles. The van der Waals surface area contributed by atoms with Crippen LogP contribution in [0.2, 0.25) is 0 Å². The van der Waals surface area contributed by atoms with Crippen LogP contribution in [0, 0.1) is 10.6 Å². The van der Waals surface area contributed by atoms with Gasteiger partial charge in [0.05, 0.1) is 12.5 Å². The molecule has 2 rings (SSSR count). The molecule has 0 aliphatic heterocycles. The van der Waals surface area contributed by atoms with Gasteiger partial charge in [-0.2, -0.15) is 0 Å². The van der Waals surface area contributed by atoms with Gasteiger partial charge < -0.3 is 9.15 Å². The van der Waals surface area contributed by atoms with E-state index in [1.807, 2.05) is 24.2 Å². The Labute approximate surface area is 189 Å². The maximum Gasteiger partial charge on any atom is 0.194 e. The van der Waals surface area contributed by atoms with E-state index in [1.54, 1.807) is 24.9 Å². The smallest absolute Gasteiger partial charge is 0.194 e. The minimum Gasteiger partial charge on any atom is -0.445 e. The van der Waals surface area contributed by atoms with Crippen LogP contribution in [0.1, 0.15) is 20.3 Å². The van der Waals surface area contributed by atoms with Gasteiger partial charge in [-0.3, -0.25) is 0 Å². The first-order valence-corrected chi connectivity index (χ1v) is 12.5. The predicted octanol–water partition coefficient (Wildman–Crippen LogP) is 5.87. The summed E-state index contributed by atoms with van der Waals surface area (Å²) < 4.78 is 28.1. The Hall–Kier alpha value is -1.11. The topological polar surface area (TPSA) is 50.1 Å². The Morgan fingerprint density at radius 1 is 1.13 bits per heavy atom. The fraction of sp³-hybridized carbons (Fsp3) is 0.500. The molecule has 164 valence electrons. The number of methoxy groups -OCH3 is 1. The molecule has 0 unspecified atom stereocenters. The average molecular weight is 470 g/mol. The third kappa shape index (κ3) is 9.80. The monoisotopic (exact) mass is 469 g/mol. The predicted molar refractivity (Wildman–Crippen MR) is 132 cm³/mol. The quantitative estimate of drug-likeness (QED) is 0.195. The number of benzene rings is 1. The zero-order valence-corrected chi connectivity index (χ0v) is 20.3. The number of thioether (sulfide) groups is 1. The molecule has 0 saturated carbocycles. The number of hydrogen-bond donors (Lipinski definition) is 0. The number of hydrogen-bond acceptors (Lipinski definition) is 7. The summed E-state index contributed by atoms with van der Waals surface area (Å²) in [5.74, 6) is 7.98. The van der Waals surface area contributed by atoms with E-state index < -0.39 is 0 Å². The molecular weight excluding hydrogens is 439 g/mol. The minimum absolute atomic E-state index is 0.392. The largest absolute Gasteiger partial charge is 0.445 e. The van der Waals surface area contributed by atoms with Crippen LogP contribution in [0.15, 0.2) is 28.7 Å². The molecule has 1 heterocycles. The first-order chi connectivity index (χ1) is 14.6. The molecule has 0 aliphatic carbocycles. The zero-order chi connectivity index (χ0) is 21.6. The van der Waals surface area contributed by atoms with Crippen LogP contribution in [0.25, 0.3) is 11.0 Å². The van der Waals surface area contributed by atoms with Crippen molar-refractivity contribution in [1.82, 2.24) is 0 Å². The summed E-state index contributed by atoms with van der Waals surface area (Å²) in [5, 5.41) is 0.885. The van der Waals surface area contributed by atoms with Crippen molar-refractivity contribution < 1.29 is 23.4 Å². The Morgan fingerprint density at radius 2 is 1.97 bits per heavy atom. The van der Waals surface area contributed by atoms with Crippen LogP contribution in [0.3, 0.4) is 0 Å². The van der Waals surface area contributed by atoms with Crippen LogP contribution < -0.4 is 9.47 Å². The fourth-order valence-corrected chi connectivity index (χ4v) is 4.07. The summed E-state index contributed by atoms with van der Waals surface area (Å²) in [6.45, 7) is 6.91. The van der Waals surface area contributed by atoms with Gasteiger partial charge in [-0.15, -0.1) is 0 Å². The van der Waals surface area contributed by atoms with Crippen molar-refractivity contribution in [2.45, 2.75) is 20.3 Å². The SMILES string of the molecule is COc1ccc2c(OCCSCCOCCOC=[P+]=CCC(C)C)cc(=S)oc2c1. The van der Waals surface area contributed by atoms with Gasteiger partial charge in [0.15, 0.2) is 4.71 Å². The van der Waals surface area contributed by atoms with E-state index in [9.17, 15) is 0 Å². The maximum absolute atomic E-state index is 5.92. The summed E-state index contributed by atoms with van der Waals surface area (Å²) in [7, 11) is 2.75. The van der Waals surface area contributed by atoms with E-state index in [-0.39, 0.29) is 0 Å². The molecule has 0 atom stereocenters. The molecule has 8 heteroatoms. The van der Waals surface area contributed by atoms with Gasteiger partial charge in [0.2, 0.25) is 0 Å². The second-order valence-corrected chi connectivity index (χ2v) is 9.30. The van der Waals surface area contributed by atoms with E-state index in [1.165, 1.54) is 0 Å². The standard InChI is InChI=1S/C22H30O5PS2/c1-17(2)6-11-28-16-25-8-7-24-9-12-30-13-10-26-20-15-22(29)27-21-14-18(23-3)4-5-19(20)21/h4-5,11,14-17H,6-10,12-13H2,1-3H3/q+1. The van der Waals surface area contributed by atoms with Crippen molar-refractivity contribution >= 4 is 54.6 Å². The summed E-state index contributed by atoms with van der Waals surface area (Å²) in [6, 6.07) is 7.36. The van der Waals surface area contributed by atoms with Crippen molar-refractivity contribution in [1.29, 1.82) is 0 Å². The van der Waals surface area contributed by atoms with Gasteiger partial charge in [0.1, 0.15) is 11.3 Å². The minimum atomic E-state index is 0.392. The molecular formula is C22H30O5PS2+. The summed E-state index contributed by atoms with van der Waals surface area (Å²) in [5.41, 5.74) is 0.662. The maximum atomic E-state index is 5.92. The molecule has 0 fully saturated rings. The van der Waals surface area contributed by atoms with Crippen LogP contribution in [-0.4, -0.2) is 56.8 Å². The van der Waals surface area contributed by atoms with Gasteiger partial charge in [-0.1, -0.05) is 0 Å². The molecule has 2 aromatic rings. The van der Waals surface area contributed by atoms with E-state index >= 15 is 0 Å². The second kappa shape index (κ2) is 14.8. The van der Waals surface area contributed by atoms with Gasteiger partial charge >= 0.3 is 115 Å². The Bertz CT molecular complexity index is 891. The van der Waals surface area contributed by atoms with E-state index in [0.717, 1.165) is 42.6 Å². The molecule has 0 amide bonds. The van der Waals surface area contributed by atoms with Gasteiger partial charge in [0.25, 0.3) is 0 Å². The van der Waals surface area contributed by atoms with Crippen LogP contribution >= 0.6 is 31.8 Å². The molecule has 5 nitrogen and oxygen atoms in total. The Morgan fingerprint density at radius 3 is 2.77 bits per heavy atom. The van der Waals surface area contributed by atoms with Crippen molar-refractivity contribution in [2.75, 3.05) is 45.0 Å². The molecule has 30 heavy (non-hydrogen) atoms. The number of rotatable bonds is 14. The molecule has 1 aromatic carbocycles. The molecule has 0 aliphatic rings. The normalized spacial score (nSPS) is 10.9. The Kier molecular flexibility index (Phi) is 12.4. The first kappa shape index (κ1) is 25.2. The molecule has 0 bridgehead atoms. The summed E-state index contributed by atoms with van der Waals surface area (Å²) in [4.78, 5) is 0. The van der Waals surface area contributed by atoms with Gasteiger partial charge in [0, 0.05) is 12.1 Å². The number of fused-ring (bicyclic) bond motifs is 1. The summed E-state index contributed by atoms with van der Waals surface area (Å²) in [6.07, 6.45) is 1.11. The molecule has 1 aromatic heterocycles. The van der Waals surface area contributed by atoms with Crippen LogP contribution in [-0.2, 0) is 9.47 Å². The fourth-order valence-electron chi connectivity index (χ4n) is 2.41. The van der Waals surface area contributed by atoms with Gasteiger partial charge in [-0.05, 0) is 24.4 Å². The first-order valence-electron chi connectivity index (χ1n) is 9.95. The summed E-state index contributed by atoms with van der Waals surface area (Å²) >= 11 is 6.98. The van der Waals surface area contributed by atoms with Crippen LogP contribution in [0.5, 0.6) is 11.5 Å². The zero-order valence-electron chi connectivity index (χ0n) is 17.8. The van der Waals surface area contributed by atoms with Crippen LogP contribution in [0.4, 0.5) is 0 Å². The Balaban J connectivity index is 1.58. The van der Waals surface area contributed by atoms with Crippen molar-refractivity contribution in [2.24, 2.45) is 5.92 Å².